The first kappa shape index (κ1) is 15.7. The van der Waals surface area contributed by atoms with Crippen LogP contribution in [-0.2, 0) is 13.0 Å². The lowest BCUT2D eigenvalue weighted by molar-refractivity contribution is 0.206. The molecule has 2 aromatic heterocycles. The molecular formula is C16H20N4O2S. The summed E-state index contributed by atoms with van der Waals surface area (Å²) in [5, 5.41) is 6.08. The van der Waals surface area contributed by atoms with E-state index in [2.05, 4.69) is 15.3 Å². The van der Waals surface area contributed by atoms with Crippen molar-refractivity contribution in [2.45, 2.75) is 19.4 Å². The van der Waals surface area contributed by atoms with Gasteiger partial charge in [0.2, 0.25) is 0 Å². The molecule has 0 bridgehead atoms. The number of thiazole rings is 1. The quantitative estimate of drug-likeness (QED) is 0.912. The van der Waals surface area contributed by atoms with Crippen molar-refractivity contribution in [2.24, 2.45) is 5.92 Å². The molecule has 7 heteroatoms. The van der Waals surface area contributed by atoms with Crippen molar-refractivity contribution in [3.8, 4) is 5.75 Å². The molecular weight excluding hydrogens is 312 g/mol. The number of amides is 2. The van der Waals surface area contributed by atoms with Crippen molar-refractivity contribution in [1.82, 2.24) is 20.2 Å². The van der Waals surface area contributed by atoms with Gasteiger partial charge in [-0.2, -0.15) is 0 Å². The topological polar surface area (TPSA) is 67.3 Å². The maximum absolute atomic E-state index is 12.2. The van der Waals surface area contributed by atoms with Crippen molar-refractivity contribution in [3.05, 3.63) is 40.6 Å². The van der Waals surface area contributed by atoms with E-state index in [4.69, 9.17) is 4.74 Å². The molecule has 23 heavy (non-hydrogen) atoms. The van der Waals surface area contributed by atoms with E-state index in [0.717, 1.165) is 36.6 Å². The fourth-order valence-corrected chi connectivity index (χ4v) is 3.43. The number of ether oxygens (including phenoxy) is 1. The van der Waals surface area contributed by atoms with Crippen LogP contribution >= 0.6 is 11.3 Å². The number of urea groups is 1. The Morgan fingerprint density at radius 1 is 1.48 bits per heavy atom. The van der Waals surface area contributed by atoms with Gasteiger partial charge in [0.05, 0.1) is 30.6 Å². The number of carbonyl (C=O) groups excluding carboxylic acids is 1. The minimum atomic E-state index is -0.0238. The number of hydrogen-bond donors (Lipinski definition) is 1. The average Bonchev–Trinajstić information content (AvgIpc) is 3.25. The Labute approximate surface area is 139 Å². The second kappa shape index (κ2) is 7.41. The molecule has 3 rings (SSSR count). The lowest BCUT2D eigenvalue weighted by atomic mass is 10.1. The molecule has 0 radical (unpaired) electrons. The van der Waals surface area contributed by atoms with Crippen molar-refractivity contribution in [2.75, 3.05) is 20.2 Å². The number of pyridine rings is 1. The summed E-state index contributed by atoms with van der Waals surface area (Å²) in [5.74, 6) is 1.22. The normalized spacial score (nSPS) is 17.3. The first-order valence-electron chi connectivity index (χ1n) is 7.64. The maximum Gasteiger partial charge on any atom is 0.317 e. The van der Waals surface area contributed by atoms with Gasteiger partial charge in [-0.25, -0.2) is 9.78 Å². The molecule has 1 atom stereocenters. The van der Waals surface area contributed by atoms with Gasteiger partial charge in [0.25, 0.3) is 0 Å². The van der Waals surface area contributed by atoms with Gasteiger partial charge in [-0.3, -0.25) is 4.98 Å². The van der Waals surface area contributed by atoms with E-state index in [1.807, 2.05) is 28.6 Å². The Kier molecular flexibility index (Phi) is 5.07. The molecule has 0 aromatic carbocycles. The summed E-state index contributed by atoms with van der Waals surface area (Å²) in [6, 6.07) is 3.67. The molecule has 2 aromatic rings. The zero-order valence-corrected chi connectivity index (χ0v) is 13.9. The first-order chi connectivity index (χ1) is 11.2. The highest BCUT2D eigenvalue weighted by molar-refractivity contribution is 7.09. The van der Waals surface area contributed by atoms with Crippen molar-refractivity contribution >= 4 is 17.4 Å². The molecule has 1 fully saturated rings. The summed E-state index contributed by atoms with van der Waals surface area (Å²) < 4.78 is 5.07. The Morgan fingerprint density at radius 2 is 2.39 bits per heavy atom. The van der Waals surface area contributed by atoms with Crippen LogP contribution in [0.1, 0.15) is 17.1 Å². The SMILES string of the molecule is COc1ccc(CNC(=O)N2CCC(Cc3nccs3)C2)nc1. The zero-order chi connectivity index (χ0) is 16.1. The second-order valence-corrected chi connectivity index (χ2v) is 6.56. The van der Waals surface area contributed by atoms with Gasteiger partial charge in [0, 0.05) is 31.1 Å². The molecule has 1 saturated heterocycles. The summed E-state index contributed by atoms with van der Waals surface area (Å²) in [6.45, 7) is 2.02. The summed E-state index contributed by atoms with van der Waals surface area (Å²) in [6.07, 6.45) is 5.48. The Bertz CT molecular complexity index is 630. The zero-order valence-electron chi connectivity index (χ0n) is 13.1. The van der Waals surface area contributed by atoms with Crippen LogP contribution in [0.4, 0.5) is 4.79 Å². The maximum atomic E-state index is 12.2. The molecule has 1 N–H and O–H groups in total. The summed E-state index contributed by atoms with van der Waals surface area (Å²) >= 11 is 1.68. The predicted octanol–water partition coefficient (Wildman–Crippen LogP) is 2.32. The molecule has 1 aliphatic rings. The molecule has 2 amide bonds. The monoisotopic (exact) mass is 332 g/mol. The van der Waals surface area contributed by atoms with Gasteiger partial charge < -0.3 is 15.0 Å². The highest BCUT2D eigenvalue weighted by Crippen LogP contribution is 2.21. The van der Waals surface area contributed by atoms with Crippen molar-refractivity contribution < 1.29 is 9.53 Å². The number of aromatic nitrogens is 2. The van der Waals surface area contributed by atoms with Gasteiger partial charge in [-0.15, -0.1) is 11.3 Å². The number of nitrogens with one attached hydrogen (secondary N) is 1. The smallest absolute Gasteiger partial charge is 0.317 e. The molecule has 122 valence electrons. The second-order valence-electron chi connectivity index (χ2n) is 5.58. The van der Waals surface area contributed by atoms with E-state index in [-0.39, 0.29) is 6.03 Å². The van der Waals surface area contributed by atoms with Crippen LogP contribution in [0, 0.1) is 5.92 Å². The first-order valence-corrected chi connectivity index (χ1v) is 8.52. The minimum Gasteiger partial charge on any atom is -0.495 e. The predicted molar refractivity (Wildman–Crippen MR) is 88.5 cm³/mol. The molecule has 1 aliphatic heterocycles. The van der Waals surface area contributed by atoms with Crippen LogP contribution < -0.4 is 10.1 Å². The Balaban J connectivity index is 1.45. The lowest BCUT2D eigenvalue weighted by Gasteiger charge is -2.17. The summed E-state index contributed by atoms with van der Waals surface area (Å²) in [4.78, 5) is 22.7. The van der Waals surface area contributed by atoms with Gasteiger partial charge in [-0.1, -0.05) is 0 Å². The van der Waals surface area contributed by atoms with E-state index in [1.54, 1.807) is 24.6 Å². The van der Waals surface area contributed by atoms with E-state index in [9.17, 15) is 4.79 Å². The van der Waals surface area contributed by atoms with Crippen LogP contribution in [-0.4, -0.2) is 41.1 Å². The van der Waals surface area contributed by atoms with Gasteiger partial charge in [0.1, 0.15) is 5.75 Å². The van der Waals surface area contributed by atoms with Crippen LogP contribution in [0.2, 0.25) is 0 Å². The fourth-order valence-electron chi connectivity index (χ4n) is 2.70. The van der Waals surface area contributed by atoms with Crippen LogP contribution in [0.15, 0.2) is 29.9 Å². The fraction of sp³-hybridized carbons (Fsp3) is 0.438. The number of hydrogen-bond acceptors (Lipinski definition) is 5. The summed E-state index contributed by atoms with van der Waals surface area (Å²) in [5.41, 5.74) is 0.817. The number of likely N-dealkylation sites (tertiary alicyclic amines) is 1. The van der Waals surface area contributed by atoms with Gasteiger partial charge >= 0.3 is 6.03 Å². The molecule has 0 aliphatic carbocycles. The lowest BCUT2D eigenvalue weighted by Crippen LogP contribution is -2.38. The number of rotatable bonds is 5. The van der Waals surface area contributed by atoms with Crippen molar-refractivity contribution in [3.63, 3.8) is 0 Å². The molecule has 0 saturated carbocycles. The standard InChI is InChI=1S/C16H20N4O2S/c1-22-14-3-2-13(18-10-14)9-19-16(21)20-6-4-12(11-20)8-15-17-5-7-23-15/h2-3,5,7,10,12H,4,6,8-9,11H2,1H3,(H,19,21). The van der Waals surface area contributed by atoms with E-state index in [1.165, 1.54) is 0 Å². The average molecular weight is 332 g/mol. The molecule has 6 nitrogen and oxygen atoms in total. The Hall–Kier alpha value is -2.15. The minimum absolute atomic E-state index is 0.0238. The van der Waals surface area contributed by atoms with E-state index < -0.39 is 0 Å². The Morgan fingerprint density at radius 3 is 3.09 bits per heavy atom. The van der Waals surface area contributed by atoms with Crippen molar-refractivity contribution in [1.29, 1.82) is 0 Å². The van der Waals surface area contributed by atoms with E-state index in [0.29, 0.717) is 18.2 Å². The summed E-state index contributed by atoms with van der Waals surface area (Å²) in [7, 11) is 1.61. The number of methoxy groups -OCH3 is 1. The number of carbonyl (C=O) groups is 1. The molecule has 0 spiro atoms. The molecule has 3 heterocycles. The van der Waals surface area contributed by atoms with Crippen LogP contribution in [0.3, 0.4) is 0 Å². The third kappa shape index (κ3) is 4.19. The number of nitrogens with zero attached hydrogens (tertiary/aromatic N) is 3. The van der Waals surface area contributed by atoms with Gasteiger partial charge in [-0.05, 0) is 24.5 Å². The highest BCUT2D eigenvalue weighted by Gasteiger charge is 2.26. The van der Waals surface area contributed by atoms with Crippen LogP contribution in [0.5, 0.6) is 5.75 Å². The third-order valence-electron chi connectivity index (χ3n) is 3.97. The van der Waals surface area contributed by atoms with E-state index >= 15 is 0 Å². The van der Waals surface area contributed by atoms with Crippen LogP contribution in [0.25, 0.3) is 0 Å². The third-order valence-corrected chi connectivity index (χ3v) is 4.78. The largest absolute Gasteiger partial charge is 0.495 e. The molecule has 1 unspecified atom stereocenters. The highest BCUT2D eigenvalue weighted by atomic mass is 32.1. The van der Waals surface area contributed by atoms with Gasteiger partial charge in [0.15, 0.2) is 0 Å².